The van der Waals surface area contributed by atoms with E-state index in [2.05, 4.69) is 15.3 Å². The molecule has 0 aliphatic carbocycles. The Morgan fingerprint density at radius 2 is 1.89 bits per heavy atom. The maximum atomic E-state index is 12.2. The number of amides is 1. The zero-order valence-electron chi connectivity index (χ0n) is 15.3. The molecule has 0 fully saturated rings. The Balaban J connectivity index is 1.44. The van der Waals surface area contributed by atoms with Crippen molar-refractivity contribution in [1.29, 1.82) is 0 Å². The van der Waals surface area contributed by atoms with Crippen molar-refractivity contribution in [2.75, 3.05) is 13.2 Å². The number of imidazole rings is 1. The number of benzene rings is 2. The number of nitrogens with zero attached hydrogens (tertiary/aromatic N) is 1. The number of nitrogens with one attached hydrogen (secondary N) is 2. The minimum atomic E-state index is -0.264. The van der Waals surface area contributed by atoms with Gasteiger partial charge in [-0.2, -0.15) is 0 Å². The Morgan fingerprint density at radius 3 is 2.63 bits per heavy atom. The highest BCUT2D eigenvalue weighted by Gasteiger charge is 2.08. The second-order valence-electron chi connectivity index (χ2n) is 6.24. The van der Waals surface area contributed by atoms with E-state index in [9.17, 15) is 9.59 Å². The van der Waals surface area contributed by atoms with Crippen LogP contribution in [-0.2, 0) is 22.4 Å². The van der Waals surface area contributed by atoms with Gasteiger partial charge >= 0.3 is 5.97 Å². The van der Waals surface area contributed by atoms with Crippen molar-refractivity contribution in [3.8, 4) is 0 Å². The topological polar surface area (TPSA) is 84.1 Å². The number of hydrogen-bond donors (Lipinski definition) is 2. The second kappa shape index (κ2) is 8.98. The van der Waals surface area contributed by atoms with Crippen LogP contribution in [-0.4, -0.2) is 35.0 Å². The van der Waals surface area contributed by atoms with Crippen LogP contribution in [0.1, 0.15) is 35.1 Å². The number of ether oxygens (including phenoxy) is 1. The number of aryl methyl sites for hydroxylation is 1. The molecule has 0 aliphatic heterocycles. The number of carbonyl (C=O) groups is 2. The molecular formula is C21H23N3O3. The second-order valence-corrected chi connectivity index (χ2v) is 6.24. The van der Waals surface area contributed by atoms with Gasteiger partial charge in [-0.05, 0) is 43.2 Å². The van der Waals surface area contributed by atoms with Crippen molar-refractivity contribution >= 4 is 22.9 Å². The van der Waals surface area contributed by atoms with Gasteiger partial charge < -0.3 is 15.0 Å². The quantitative estimate of drug-likeness (QED) is 0.475. The molecule has 0 saturated carbocycles. The Hall–Kier alpha value is -3.15. The molecule has 140 valence electrons. The van der Waals surface area contributed by atoms with Crippen molar-refractivity contribution in [3.05, 3.63) is 65.5 Å². The van der Waals surface area contributed by atoms with E-state index in [0.717, 1.165) is 35.3 Å². The summed E-state index contributed by atoms with van der Waals surface area (Å²) < 4.78 is 4.92. The summed E-state index contributed by atoms with van der Waals surface area (Å²) >= 11 is 0. The molecule has 3 rings (SSSR count). The average molecular weight is 365 g/mol. The molecule has 1 amide bonds. The van der Waals surface area contributed by atoms with Crippen LogP contribution in [0.25, 0.3) is 11.0 Å². The molecule has 6 nitrogen and oxygen atoms in total. The van der Waals surface area contributed by atoms with E-state index in [0.29, 0.717) is 18.7 Å². The zero-order valence-corrected chi connectivity index (χ0v) is 15.3. The molecule has 0 spiro atoms. The third kappa shape index (κ3) is 5.17. The van der Waals surface area contributed by atoms with Gasteiger partial charge in [-0.15, -0.1) is 0 Å². The van der Waals surface area contributed by atoms with Gasteiger partial charge in [-0.3, -0.25) is 9.59 Å². The first-order valence-corrected chi connectivity index (χ1v) is 9.12. The molecule has 2 aromatic carbocycles. The van der Waals surface area contributed by atoms with Crippen molar-refractivity contribution in [2.45, 2.75) is 26.2 Å². The number of rotatable bonds is 8. The first-order valence-electron chi connectivity index (χ1n) is 9.12. The van der Waals surface area contributed by atoms with Crippen LogP contribution in [0.4, 0.5) is 0 Å². The number of esters is 1. The summed E-state index contributed by atoms with van der Waals surface area (Å²) in [5, 5.41) is 2.91. The molecule has 0 aliphatic rings. The number of hydrogen-bond acceptors (Lipinski definition) is 4. The highest BCUT2D eigenvalue weighted by molar-refractivity contribution is 5.94. The molecule has 0 atom stereocenters. The third-order valence-electron chi connectivity index (χ3n) is 4.18. The lowest BCUT2D eigenvalue weighted by molar-refractivity contribution is -0.142. The predicted molar refractivity (Wildman–Crippen MR) is 104 cm³/mol. The Morgan fingerprint density at radius 1 is 1.11 bits per heavy atom. The molecule has 2 N–H and O–H groups in total. The van der Waals surface area contributed by atoms with Gasteiger partial charge in [-0.25, -0.2) is 4.98 Å². The molecule has 3 aromatic rings. The maximum absolute atomic E-state index is 12.2. The largest absolute Gasteiger partial charge is 0.466 e. The lowest BCUT2D eigenvalue weighted by atomic mass is 10.1. The Kier molecular flexibility index (Phi) is 6.20. The molecular weight excluding hydrogens is 342 g/mol. The number of H-pyrrole nitrogens is 1. The SMILES string of the molecule is CCOC(=O)Cc1ccc(C(=O)NCCCc2nc3ccccc3[nH]2)cc1. The summed E-state index contributed by atoms with van der Waals surface area (Å²) in [5.74, 6) is 0.538. The van der Waals surface area contributed by atoms with Crippen molar-refractivity contribution in [2.24, 2.45) is 0 Å². The Bertz CT molecular complexity index is 883. The first-order chi connectivity index (χ1) is 13.2. The van der Waals surface area contributed by atoms with E-state index in [1.54, 1.807) is 31.2 Å². The number of aromatic amines is 1. The van der Waals surface area contributed by atoms with E-state index in [4.69, 9.17) is 4.74 Å². The Labute approximate surface area is 158 Å². The summed E-state index contributed by atoms with van der Waals surface area (Å²) in [6.45, 7) is 2.72. The van der Waals surface area contributed by atoms with Crippen molar-refractivity contribution in [1.82, 2.24) is 15.3 Å². The van der Waals surface area contributed by atoms with Gasteiger partial charge in [0, 0.05) is 18.5 Å². The van der Waals surface area contributed by atoms with E-state index in [1.807, 2.05) is 24.3 Å². The lowest BCUT2D eigenvalue weighted by Gasteiger charge is -2.06. The zero-order chi connectivity index (χ0) is 19.1. The van der Waals surface area contributed by atoms with Gasteiger partial charge in [0.1, 0.15) is 5.82 Å². The molecule has 1 heterocycles. The van der Waals surface area contributed by atoms with Crippen LogP contribution in [0, 0.1) is 0 Å². The molecule has 0 saturated heterocycles. The number of carbonyl (C=O) groups excluding carboxylic acids is 2. The maximum Gasteiger partial charge on any atom is 0.310 e. The van der Waals surface area contributed by atoms with Gasteiger partial charge in [0.2, 0.25) is 0 Å². The summed E-state index contributed by atoms with van der Waals surface area (Å²) in [5.41, 5.74) is 3.39. The van der Waals surface area contributed by atoms with Gasteiger partial charge in [0.05, 0.1) is 24.1 Å². The fraction of sp³-hybridized carbons (Fsp3) is 0.286. The summed E-state index contributed by atoms with van der Waals surface area (Å²) in [4.78, 5) is 31.5. The fourth-order valence-electron chi connectivity index (χ4n) is 2.84. The summed E-state index contributed by atoms with van der Waals surface area (Å²) in [6.07, 6.45) is 1.78. The van der Waals surface area contributed by atoms with Crippen LogP contribution in [0.15, 0.2) is 48.5 Å². The van der Waals surface area contributed by atoms with E-state index in [-0.39, 0.29) is 18.3 Å². The molecule has 27 heavy (non-hydrogen) atoms. The van der Waals surface area contributed by atoms with E-state index >= 15 is 0 Å². The van der Waals surface area contributed by atoms with Crippen LogP contribution in [0.3, 0.4) is 0 Å². The highest BCUT2D eigenvalue weighted by atomic mass is 16.5. The number of aromatic nitrogens is 2. The van der Waals surface area contributed by atoms with Crippen molar-refractivity contribution in [3.63, 3.8) is 0 Å². The third-order valence-corrected chi connectivity index (χ3v) is 4.18. The number of fused-ring (bicyclic) bond motifs is 1. The van der Waals surface area contributed by atoms with Gasteiger partial charge in [0.25, 0.3) is 5.91 Å². The van der Waals surface area contributed by atoms with E-state index in [1.165, 1.54) is 0 Å². The van der Waals surface area contributed by atoms with Crippen LogP contribution >= 0.6 is 0 Å². The molecule has 1 aromatic heterocycles. The summed E-state index contributed by atoms with van der Waals surface area (Å²) in [6, 6.07) is 14.9. The number of para-hydroxylation sites is 2. The van der Waals surface area contributed by atoms with Crippen LogP contribution in [0.5, 0.6) is 0 Å². The van der Waals surface area contributed by atoms with Crippen LogP contribution < -0.4 is 5.32 Å². The molecule has 0 radical (unpaired) electrons. The van der Waals surface area contributed by atoms with Gasteiger partial charge in [-0.1, -0.05) is 24.3 Å². The molecule has 0 unspecified atom stereocenters. The lowest BCUT2D eigenvalue weighted by Crippen LogP contribution is -2.24. The minimum Gasteiger partial charge on any atom is -0.466 e. The summed E-state index contributed by atoms with van der Waals surface area (Å²) in [7, 11) is 0. The monoisotopic (exact) mass is 365 g/mol. The van der Waals surface area contributed by atoms with E-state index < -0.39 is 0 Å². The standard InChI is InChI=1S/C21H23N3O3/c1-2-27-20(25)14-15-9-11-16(12-10-15)21(26)22-13-5-8-19-23-17-6-3-4-7-18(17)24-19/h3-4,6-7,9-12H,2,5,8,13-14H2,1H3,(H,22,26)(H,23,24). The highest BCUT2D eigenvalue weighted by Crippen LogP contribution is 2.11. The first kappa shape index (κ1) is 18.6. The van der Waals surface area contributed by atoms with Crippen molar-refractivity contribution < 1.29 is 14.3 Å². The average Bonchev–Trinajstić information content (AvgIpc) is 3.08. The minimum absolute atomic E-state index is 0.123. The molecule has 6 heteroatoms. The predicted octanol–water partition coefficient (Wildman–Crippen LogP) is 3.03. The smallest absolute Gasteiger partial charge is 0.310 e. The normalized spacial score (nSPS) is 10.7. The molecule has 0 bridgehead atoms. The van der Waals surface area contributed by atoms with Crippen LogP contribution in [0.2, 0.25) is 0 Å². The fourth-order valence-corrected chi connectivity index (χ4v) is 2.84. The van der Waals surface area contributed by atoms with Gasteiger partial charge in [0.15, 0.2) is 0 Å².